The van der Waals surface area contributed by atoms with E-state index in [1.807, 2.05) is 0 Å². The number of hydrogen-bond donors (Lipinski definition) is 3. The van der Waals surface area contributed by atoms with Gasteiger partial charge in [0.15, 0.2) is 0 Å². The smallest absolute Gasteiger partial charge is 0.307 e. The number of carboxylic acids is 1. The molecule has 2 amide bonds. The Morgan fingerprint density at radius 2 is 1.83 bits per heavy atom. The van der Waals surface area contributed by atoms with Gasteiger partial charge < -0.3 is 16.2 Å². The fourth-order valence-electron chi connectivity index (χ4n) is 2.10. The zero-order chi connectivity index (χ0) is 13.9. The Morgan fingerprint density at radius 1 is 1.28 bits per heavy atom. The van der Waals surface area contributed by atoms with E-state index < -0.39 is 29.1 Å². The van der Waals surface area contributed by atoms with Crippen LogP contribution in [0, 0.1) is 17.3 Å². The molecule has 102 valence electrons. The van der Waals surface area contributed by atoms with Crippen molar-refractivity contribution < 1.29 is 19.5 Å². The van der Waals surface area contributed by atoms with E-state index in [4.69, 9.17) is 10.8 Å². The number of nitrogens with one attached hydrogen (secondary N) is 1. The molecule has 6 nitrogen and oxygen atoms in total. The molecular weight excluding hydrogens is 236 g/mol. The summed E-state index contributed by atoms with van der Waals surface area (Å²) in [4.78, 5) is 34.0. The molecule has 0 saturated heterocycles. The normalized spacial score (nSPS) is 23.7. The molecule has 0 bridgehead atoms. The van der Waals surface area contributed by atoms with E-state index >= 15 is 0 Å². The standard InChI is InChI=1S/C12H20N2O4/c1-12(2,11(13)18)6-14-9(15)7-4-3-5-8(7)10(16)17/h7-8H,3-6H2,1-2H3,(H2,13,18)(H,14,15)(H,16,17)/t7-,8+/m1/s1. The monoisotopic (exact) mass is 256 g/mol. The lowest BCUT2D eigenvalue weighted by Gasteiger charge is -2.23. The lowest BCUT2D eigenvalue weighted by atomic mass is 9.91. The van der Waals surface area contributed by atoms with Crippen molar-refractivity contribution in [2.75, 3.05) is 6.54 Å². The van der Waals surface area contributed by atoms with Gasteiger partial charge in [0.05, 0.1) is 17.3 Å². The summed E-state index contributed by atoms with van der Waals surface area (Å²) >= 11 is 0. The second kappa shape index (κ2) is 5.37. The van der Waals surface area contributed by atoms with Crippen molar-refractivity contribution in [3.8, 4) is 0 Å². The molecule has 6 heteroatoms. The molecule has 0 aromatic heterocycles. The van der Waals surface area contributed by atoms with Crippen molar-refractivity contribution in [1.29, 1.82) is 0 Å². The molecule has 0 heterocycles. The number of amides is 2. The first-order valence-electron chi connectivity index (χ1n) is 6.06. The summed E-state index contributed by atoms with van der Waals surface area (Å²) < 4.78 is 0. The molecule has 18 heavy (non-hydrogen) atoms. The Labute approximate surface area is 106 Å². The first-order chi connectivity index (χ1) is 8.25. The molecule has 4 N–H and O–H groups in total. The number of rotatable bonds is 5. The third-order valence-corrected chi connectivity index (χ3v) is 3.54. The lowest BCUT2D eigenvalue weighted by Crippen LogP contribution is -2.45. The Bertz CT molecular complexity index is 365. The van der Waals surface area contributed by atoms with Gasteiger partial charge in [-0.1, -0.05) is 6.42 Å². The minimum absolute atomic E-state index is 0.129. The highest BCUT2D eigenvalue weighted by molar-refractivity contribution is 5.86. The summed E-state index contributed by atoms with van der Waals surface area (Å²) in [5, 5.41) is 11.6. The lowest BCUT2D eigenvalue weighted by molar-refractivity contribution is -0.146. The largest absolute Gasteiger partial charge is 0.481 e. The summed E-state index contributed by atoms with van der Waals surface area (Å²) in [5.74, 6) is -2.83. The van der Waals surface area contributed by atoms with Crippen LogP contribution < -0.4 is 11.1 Å². The molecule has 0 unspecified atom stereocenters. The van der Waals surface area contributed by atoms with Crippen molar-refractivity contribution >= 4 is 17.8 Å². The van der Waals surface area contributed by atoms with E-state index in [9.17, 15) is 14.4 Å². The number of carbonyl (C=O) groups is 3. The van der Waals surface area contributed by atoms with E-state index in [1.165, 1.54) is 0 Å². The number of nitrogens with two attached hydrogens (primary N) is 1. The van der Waals surface area contributed by atoms with Crippen LogP contribution in [0.3, 0.4) is 0 Å². The van der Waals surface area contributed by atoms with Crippen molar-refractivity contribution in [2.45, 2.75) is 33.1 Å². The summed E-state index contributed by atoms with van der Waals surface area (Å²) in [6.45, 7) is 3.40. The predicted octanol–water partition coefficient (Wildman–Crippen LogP) is 0.115. The molecule has 1 rings (SSSR count). The predicted molar refractivity (Wildman–Crippen MR) is 64.5 cm³/mol. The Morgan fingerprint density at radius 3 is 2.33 bits per heavy atom. The highest BCUT2D eigenvalue weighted by Crippen LogP contribution is 2.32. The average molecular weight is 256 g/mol. The SMILES string of the molecule is CC(C)(CNC(=O)[C@@H]1CCC[C@@H]1C(=O)O)C(N)=O. The number of carboxylic acid groups (broad SMARTS) is 1. The van der Waals surface area contributed by atoms with Crippen molar-refractivity contribution in [3.63, 3.8) is 0 Å². The summed E-state index contributed by atoms with van der Waals surface area (Å²) in [6, 6.07) is 0. The maximum absolute atomic E-state index is 11.9. The van der Waals surface area contributed by atoms with Gasteiger partial charge in [0, 0.05) is 6.54 Å². The zero-order valence-electron chi connectivity index (χ0n) is 10.7. The second-order valence-corrected chi connectivity index (χ2v) is 5.45. The fraction of sp³-hybridized carbons (Fsp3) is 0.750. The second-order valence-electron chi connectivity index (χ2n) is 5.45. The van der Waals surface area contributed by atoms with Crippen molar-refractivity contribution in [2.24, 2.45) is 23.0 Å². The van der Waals surface area contributed by atoms with E-state index in [0.717, 1.165) is 6.42 Å². The summed E-state index contributed by atoms with van der Waals surface area (Å²) in [5.41, 5.74) is 4.37. The highest BCUT2D eigenvalue weighted by atomic mass is 16.4. The first kappa shape index (κ1) is 14.5. The van der Waals surface area contributed by atoms with Crippen LogP contribution in [0.15, 0.2) is 0 Å². The molecule has 1 aliphatic carbocycles. The number of aliphatic carboxylic acids is 1. The number of primary amides is 1. The summed E-state index contributed by atoms with van der Waals surface area (Å²) in [6.07, 6.45) is 1.86. The number of hydrogen-bond acceptors (Lipinski definition) is 3. The van der Waals surface area contributed by atoms with Crippen LogP contribution >= 0.6 is 0 Å². The van der Waals surface area contributed by atoms with Gasteiger partial charge in [0.25, 0.3) is 0 Å². The van der Waals surface area contributed by atoms with Crippen molar-refractivity contribution in [3.05, 3.63) is 0 Å². The maximum Gasteiger partial charge on any atom is 0.307 e. The van der Waals surface area contributed by atoms with Crippen LogP contribution in [0.5, 0.6) is 0 Å². The Balaban J connectivity index is 2.56. The Hall–Kier alpha value is -1.59. The fourth-order valence-corrected chi connectivity index (χ4v) is 2.10. The van der Waals surface area contributed by atoms with E-state index in [-0.39, 0.29) is 12.5 Å². The van der Waals surface area contributed by atoms with Crippen LogP contribution in [0.2, 0.25) is 0 Å². The molecule has 0 aliphatic heterocycles. The van der Waals surface area contributed by atoms with Crippen LogP contribution in [-0.2, 0) is 14.4 Å². The number of carbonyl (C=O) groups excluding carboxylic acids is 2. The molecule has 1 saturated carbocycles. The van der Waals surface area contributed by atoms with Gasteiger partial charge in [-0.15, -0.1) is 0 Å². The molecule has 0 radical (unpaired) electrons. The molecular formula is C12H20N2O4. The Kier molecular flexibility index (Phi) is 4.32. The third kappa shape index (κ3) is 3.21. The molecule has 0 aromatic carbocycles. The molecule has 0 aromatic rings. The maximum atomic E-state index is 11.9. The van der Waals surface area contributed by atoms with Crippen LogP contribution in [0.4, 0.5) is 0 Å². The molecule has 2 atom stereocenters. The van der Waals surface area contributed by atoms with Gasteiger partial charge in [0.1, 0.15) is 0 Å². The van der Waals surface area contributed by atoms with Crippen LogP contribution in [0.1, 0.15) is 33.1 Å². The van der Waals surface area contributed by atoms with Gasteiger partial charge >= 0.3 is 5.97 Å². The van der Waals surface area contributed by atoms with Crippen molar-refractivity contribution in [1.82, 2.24) is 5.32 Å². The first-order valence-corrected chi connectivity index (χ1v) is 6.06. The minimum Gasteiger partial charge on any atom is -0.481 e. The van der Waals surface area contributed by atoms with Gasteiger partial charge in [-0.3, -0.25) is 14.4 Å². The van der Waals surface area contributed by atoms with E-state index in [0.29, 0.717) is 12.8 Å². The average Bonchev–Trinajstić information content (AvgIpc) is 2.74. The molecule has 1 aliphatic rings. The zero-order valence-corrected chi connectivity index (χ0v) is 10.7. The molecule has 0 spiro atoms. The van der Waals surface area contributed by atoms with Crippen LogP contribution in [-0.4, -0.2) is 29.4 Å². The minimum atomic E-state index is -0.929. The highest BCUT2D eigenvalue weighted by Gasteiger charge is 2.38. The van der Waals surface area contributed by atoms with Gasteiger partial charge in [-0.05, 0) is 26.7 Å². The van der Waals surface area contributed by atoms with E-state index in [2.05, 4.69) is 5.32 Å². The van der Waals surface area contributed by atoms with Gasteiger partial charge in [-0.25, -0.2) is 0 Å². The summed E-state index contributed by atoms with van der Waals surface area (Å²) in [7, 11) is 0. The third-order valence-electron chi connectivity index (χ3n) is 3.54. The quantitative estimate of drug-likeness (QED) is 0.648. The van der Waals surface area contributed by atoms with Gasteiger partial charge in [-0.2, -0.15) is 0 Å². The van der Waals surface area contributed by atoms with Crippen LogP contribution in [0.25, 0.3) is 0 Å². The van der Waals surface area contributed by atoms with E-state index in [1.54, 1.807) is 13.8 Å². The topological polar surface area (TPSA) is 109 Å². The molecule has 1 fully saturated rings. The van der Waals surface area contributed by atoms with Gasteiger partial charge in [0.2, 0.25) is 11.8 Å².